The highest BCUT2D eigenvalue weighted by Gasteiger charge is 2.25. The molecule has 0 saturated heterocycles. The van der Waals surface area contributed by atoms with Crippen LogP contribution in [0.3, 0.4) is 0 Å². The van der Waals surface area contributed by atoms with Crippen molar-refractivity contribution in [3.05, 3.63) is 114 Å². The molecule has 7 nitrogen and oxygen atoms in total. The third kappa shape index (κ3) is 7.84. The highest BCUT2D eigenvalue weighted by Crippen LogP contribution is 2.24. The highest BCUT2D eigenvalue weighted by molar-refractivity contribution is 5.94. The normalized spacial score (nSPS) is 11.4. The molecule has 1 atom stereocenters. The third-order valence-corrected chi connectivity index (χ3v) is 5.93. The second-order valence-electron chi connectivity index (χ2n) is 8.78. The van der Waals surface area contributed by atoms with Gasteiger partial charge < -0.3 is 19.5 Å². The number of rotatable bonds is 12. The van der Waals surface area contributed by atoms with Gasteiger partial charge in [-0.3, -0.25) is 9.78 Å². The number of aromatic nitrogens is 1. The molecule has 1 amide bonds. The molecule has 4 rings (SSSR count). The van der Waals surface area contributed by atoms with Crippen molar-refractivity contribution in [3.8, 4) is 22.8 Å². The summed E-state index contributed by atoms with van der Waals surface area (Å²) in [5.41, 5.74) is 2.86. The Hall–Kier alpha value is -4.86. The summed E-state index contributed by atoms with van der Waals surface area (Å²) in [6, 6.07) is 21.0. The number of benzene rings is 3. The van der Waals surface area contributed by atoms with Crippen molar-refractivity contribution in [2.45, 2.75) is 19.4 Å². The first-order chi connectivity index (χ1) is 19.9. The van der Waals surface area contributed by atoms with E-state index in [4.69, 9.17) is 14.2 Å². The molecule has 0 bridgehead atoms. The van der Waals surface area contributed by atoms with Crippen molar-refractivity contribution in [1.82, 2.24) is 10.3 Å². The molecule has 41 heavy (non-hydrogen) atoms. The molecule has 0 saturated carbocycles. The fourth-order valence-electron chi connectivity index (χ4n) is 3.86. The van der Waals surface area contributed by atoms with E-state index in [1.165, 1.54) is 0 Å². The number of nitrogens with zero attached hydrogens (tertiary/aromatic N) is 1. The highest BCUT2D eigenvalue weighted by atomic mass is 19.2. The summed E-state index contributed by atoms with van der Waals surface area (Å²) in [6.07, 6.45) is 0.390. The van der Waals surface area contributed by atoms with Crippen LogP contribution in [0.15, 0.2) is 85.1 Å². The molecule has 0 aliphatic heterocycles. The van der Waals surface area contributed by atoms with Crippen LogP contribution < -0.4 is 14.8 Å². The number of pyridine rings is 1. The number of amides is 1. The Labute approximate surface area is 234 Å². The number of esters is 1. The maximum absolute atomic E-state index is 14.1. The lowest BCUT2D eigenvalue weighted by molar-refractivity contribution is -0.151. The molecule has 0 spiro atoms. The first-order valence-electron chi connectivity index (χ1n) is 12.8. The Morgan fingerprint density at radius 2 is 1.66 bits per heavy atom. The molecule has 212 valence electrons. The number of ether oxygens (including phenoxy) is 3. The number of hydrogen-bond acceptors (Lipinski definition) is 6. The first kappa shape index (κ1) is 29.1. The molecule has 0 aliphatic rings. The van der Waals surface area contributed by atoms with Crippen LogP contribution in [0.2, 0.25) is 0 Å². The minimum absolute atomic E-state index is 0.0211. The lowest BCUT2D eigenvalue weighted by Gasteiger charge is -2.18. The van der Waals surface area contributed by atoms with E-state index in [-0.39, 0.29) is 32.1 Å². The number of nitrogens with one attached hydrogen (secondary N) is 1. The Morgan fingerprint density at radius 3 is 2.34 bits per heavy atom. The smallest absolute Gasteiger partial charge is 0.347 e. The number of hydrogen-bond donors (Lipinski definition) is 1. The maximum atomic E-state index is 14.1. The predicted octanol–water partition coefficient (Wildman–Crippen LogP) is 5.53. The molecular formula is C31H27F3N2O5. The molecule has 1 heterocycles. The lowest BCUT2D eigenvalue weighted by atomic mass is 10.1. The van der Waals surface area contributed by atoms with E-state index in [1.54, 1.807) is 49.5 Å². The molecule has 1 unspecified atom stereocenters. The van der Waals surface area contributed by atoms with Crippen LogP contribution in [0, 0.1) is 17.5 Å². The minimum atomic E-state index is -1.69. The number of halogens is 3. The van der Waals surface area contributed by atoms with E-state index in [0.29, 0.717) is 22.9 Å². The van der Waals surface area contributed by atoms with Gasteiger partial charge in [0.1, 0.15) is 12.4 Å². The van der Waals surface area contributed by atoms with Crippen LogP contribution in [-0.4, -0.2) is 42.7 Å². The quantitative estimate of drug-likeness (QED) is 0.138. The van der Waals surface area contributed by atoms with Crippen LogP contribution in [0.1, 0.15) is 22.8 Å². The van der Waals surface area contributed by atoms with Crippen molar-refractivity contribution in [3.63, 3.8) is 0 Å². The summed E-state index contributed by atoms with van der Waals surface area (Å²) in [5, 5.41) is 2.80. The van der Waals surface area contributed by atoms with Crippen LogP contribution in [0.25, 0.3) is 11.3 Å². The zero-order valence-electron chi connectivity index (χ0n) is 22.1. The molecule has 0 radical (unpaired) electrons. The molecule has 1 N–H and O–H groups in total. The molecule has 10 heteroatoms. The minimum Gasteiger partial charge on any atom is -0.492 e. The monoisotopic (exact) mass is 564 g/mol. The number of carbonyl (C=O) groups is 2. The second kappa shape index (κ2) is 14.0. The zero-order valence-corrected chi connectivity index (χ0v) is 22.1. The standard InChI is InChI=1S/C31H27F3N2O5/c1-2-39-31(38)27(41-26-15-14-24(32)28(33)29(26)34)19-20-6-12-23(13-7-20)40-18-17-36-30(37)22-10-8-21(9-11-22)25-5-3-4-16-35-25/h3-16,27H,2,17-19H2,1H3,(H,36,37). The molecular weight excluding hydrogens is 537 g/mol. The first-order valence-corrected chi connectivity index (χ1v) is 12.8. The maximum Gasteiger partial charge on any atom is 0.347 e. The average Bonchev–Trinajstić information content (AvgIpc) is 3.00. The summed E-state index contributed by atoms with van der Waals surface area (Å²) in [7, 11) is 0. The fourth-order valence-corrected chi connectivity index (χ4v) is 3.86. The van der Waals surface area contributed by atoms with Gasteiger partial charge >= 0.3 is 5.97 Å². The SMILES string of the molecule is CCOC(=O)C(Cc1ccc(OCCNC(=O)c2ccc(-c3ccccn3)cc2)cc1)Oc1ccc(F)c(F)c1F. The van der Waals surface area contributed by atoms with Gasteiger partial charge in [-0.05, 0) is 61.0 Å². The molecule has 3 aromatic carbocycles. The fraction of sp³-hybridized carbons (Fsp3) is 0.194. The average molecular weight is 565 g/mol. The van der Waals surface area contributed by atoms with Gasteiger partial charge in [0.25, 0.3) is 5.91 Å². The largest absolute Gasteiger partial charge is 0.492 e. The molecule has 1 aromatic heterocycles. The summed E-state index contributed by atoms with van der Waals surface area (Å²) < 4.78 is 57.0. The van der Waals surface area contributed by atoms with E-state index in [1.807, 2.05) is 30.3 Å². The predicted molar refractivity (Wildman–Crippen MR) is 145 cm³/mol. The van der Waals surface area contributed by atoms with Crippen LogP contribution in [-0.2, 0) is 16.0 Å². The Balaban J connectivity index is 1.27. The lowest BCUT2D eigenvalue weighted by Crippen LogP contribution is -2.32. The van der Waals surface area contributed by atoms with Crippen LogP contribution >= 0.6 is 0 Å². The number of carbonyl (C=O) groups excluding carboxylic acids is 2. The van der Waals surface area contributed by atoms with Gasteiger partial charge in [0, 0.05) is 23.7 Å². The topological polar surface area (TPSA) is 86.8 Å². The van der Waals surface area contributed by atoms with E-state index in [0.717, 1.165) is 17.3 Å². The van der Waals surface area contributed by atoms with E-state index in [2.05, 4.69) is 10.3 Å². The van der Waals surface area contributed by atoms with Gasteiger partial charge in [-0.2, -0.15) is 4.39 Å². The summed E-state index contributed by atoms with van der Waals surface area (Å²) in [4.78, 5) is 29.1. The van der Waals surface area contributed by atoms with E-state index >= 15 is 0 Å². The third-order valence-electron chi connectivity index (χ3n) is 5.93. The van der Waals surface area contributed by atoms with Crippen molar-refractivity contribution in [2.75, 3.05) is 19.8 Å². The Morgan fingerprint density at radius 1 is 0.902 bits per heavy atom. The van der Waals surface area contributed by atoms with Gasteiger partial charge in [0.05, 0.1) is 18.8 Å². The van der Waals surface area contributed by atoms with Gasteiger partial charge in [0.15, 0.2) is 23.5 Å². The van der Waals surface area contributed by atoms with Gasteiger partial charge in [-0.15, -0.1) is 0 Å². The van der Waals surface area contributed by atoms with Crippen molar-refractivity contribution < 1.29 is 37.0 Å². The Kier molecular flexibility index (Phi) is 9.93. The van der Waals surface area contributed by atoms with Gasteiger partial charge in [0.2, 0.25) is 5.82 Å². The summed E-state index contributed by atoms with van der Waals surface area (Å²) >= 11 is 0. The molecule has 0 aliphatic carbocycles. The van der Waals surface area contributed by atoms with Crippen LogP contribution in [0.4, 0.5) is 13.2 Å². The van der Waals surface area contributed by atoms with Crippen molar-refractivity contribution in [1.29, 1.82) is 0 Å². The van der Waals surface area contributed by atoms with Gasteiger partial charge in [-0.1, -0.05) is 30.3 Å². The zero-order chi connectivity index (χ0) is 29.2. The van der Waals surface area contributed by atoms with Crippen molar-refractivity contribution in [2.24, 2.45) is 0 Å². The summed E-state index contributed by atoms with van der Waals surface area (Å²) in [6.45, 7) is 2.13. The van der Waals surface area contributed by atoms with E-state index < -0.39 is 35.3 Å². The molecule has 0 fully saturated rings. The summed E-state index contributed by atoms with van der Waals surface area (Å²) in [5.74, 6) is -5.69. The van der Waals surface area contributed by atoms with Crippen molar-refractivity contribution >= 4 is 11.9 Å². The van der Waals surface area contributed by atoms with E-state index in [9.17, 15) is 22.8 Å². The van der Waals surface area contributed by atoms with Crippen LogP contribution in [0.5, 0.6) is 11.5 Å². The molecule has 4 aromatic rings. The Bertz CT molecular complexity index is 1470. The second-order valence-corrected chi connectivity index (χ2v) is 8.78. The van der Waals surface area contributed by atoms with Gasteiger partial charge in [-0.25, -0.2) is 13.6 Å².